The number of carbonyl (C=O) groups excluding carboxylic acids is 1. The van der Waals surface area contributed by atoms with E-state index < -0.39 is 11.6 Å². The van der Waals surface area contributed by atoms with E-state index in [4.69, 9.17) is 14.2 Å². The summed E-state index contributed by atoms with van der Waals surface area (Å²) in [5.74, 6) is -2.91. The van der Waals surface area contributed by atoms with E-state index in [1.807, 2.05) is 25.1 Å². The van der Waals surface area contributed by atoms with Crippen LogP contribution >= 0.6 is 0 Å². The Morgan fingerprint density at radius 1 is 1.16 bits per heavy atom. The van der Waals surface area contributed by atoms with Gasteiger partial charge in [-0.15, -0.1) is 0 Å². The number of nitrogens with zero attached hydrogens (tertiary/aromatic N) is 1. The molecule has 2 atom stereocenters. The maximum Gasteiger partial charge on any atom is 0.257 e. The lowest BCUT2D eigenvalue weighted by atomic mass is 9.80. The van der Waals surface area contributed by atoms with Gasteiger partial charge in [0, 0.05) is 32.5 Å². The van der Waals surface area contributed by atoms with Crippen LogP contribution in [0.4, 0.5) is 8.78 Å². The first-order valence-electron chi connectivity index (χ1n) is 11.1. The van der Waals surface area contributed by atoms with E-state index >= 15 is 0 Å². The first-order valence-corrected chi connectivity index (χ1v) is 11.1. The molecule has 2 aliphatic heterocycles. The van der Waals surface area contributed by atoms with Crippen LogP contribution in [0.2, 0.25) is 0 Å². The number of carbonyl (C=O) groups is 1. The molecule has 0 aromatic heterocycles. The highest BCUT2D eigenvalue weighted by atomic mass is 19.2. The maximum absolute atomic E-state index is 14.1. The summed E-state index contributed by atoms with van der Waals surface area (Å²) in [7, 11) is 1.23. The zero-order valence-electron chi connectivity index (χ0n) is 18.5. The summed E-state index contributed by atoms with van der Waals surface area (Å²) >= 11 is 0. The molecule has 32 heavy (non-hydrogen) atoms. The maximum atomic E-state index is 14.1. The quantitative estimate of drug-likeness (QED) is 0.657. The minimum Gasteiger partial charge on any atom is -0.493 e. The van der Waals surface area contributed by atoms with Crippen molar-refractivity contribution >= 4 is 5.91 Å². The van der Waals surface area contributed by atoms with Gasteiger partial charge in [0.05, 0.1) is 30.5 Å². The lowest BCUT2D eigenvalue weighted by Gasteiger charge is -2.48. The van der Waals surface area contributed by atoms with E-state index in [1.54, 1.807) is 4.90 Å². The van der Waals surface area contributed by atoms with Crippen molar-refractivity contribution in [3.63, 3.8) is 0 Å². The van der Waals surface area contributed by atoms with E-state index in [9.17, 15) is 13.6 Å². The zero-order valence-corrected chi connectivity index (χ0v) is 18.5. The molecule has 2 aliphatic rings. The van der Waals surface area contributed by atoms with Crippen molar-refractivity contribution in [2.45, 2.75) is 50.4 Å². The predicted molar refractivity (Wildman–Crippen MR) is 116 cm³/mol. The highest BCUT2D eigenvalue weighted by molar-refractivity contribution is 5.97. The van der Waals surface area contributed by atoms with Gasteiger partial charge in [0.15, 0.2) is 11.6 Å². The molecule has 0 aliphatic carbocycles. The SMILES string of the molecule is CCOC1CC(c2ccccc2)OC2(CCN(C(=O)c3ccc(F)c(F)c3OC)CC2)C1. The van der Waals surface area contributed by atoms with Gasteiger partial charge in [-0.3, -0.25) is 4.79 Å². The third-order valence-electron chi connectivity index (χ3n) is 6.49. The molecule has 2 heterocycles. The third-order valence-corrected chi connectivity index (χ3v) is 6.49. The number of likely N-dealkylation sites (tertiary alicyclic amines) is 1. The van der Waals surface area contributed by atoms with Gasteiger partial charge in [0.1, 0.15) is 0 Å². The van der Waals surface area contributed by atoms with Gasteiger partial charge in [-0.05, 0) is 37.5 Å². The molecule has 2 unspecified atom stereocenters. The monoisotopic (exact) mass is 445 g/mol. The van der Waals surface area contributed by atoms with Gasteiger partial charge in [0.25, 0.3) is 5.91 Å². The molecule has 0 radical (unpaired) electrons. The molecule has 7 heteroatoms. The number of benzene rings is 2. The Balaban J connectivity index is 1.50. The molecule has 5 nitrogen and oxygen atoms in total. The third kappa shape index (κ3) is 4.50. The molecule has 4 rings (SSSR count). The first-order chi connectivity index (χ1) is 15.5. The Kier molecular flexibility index (Phi) is 6.76. The Morgan fingerprint density at radius 3 is 2.53 bits per heavy atom. The van der Waals surface area contributed by atoms with Crippen molar-refractivity contribution in [2.24, 2.45) is 0 Å². The Labute approximate surface area is 187 Å². The molecule has 2 saturated heterocycles. The summed E-state index contributed by atoms with van der Waals surface area (Å²) in [4.78, 5) is 14.7. The number of ether oxygens (including phenoxy) is 3. The lowest BCUT2D eigenvalue weighted by molar-refractivity contribution is -0.190. The van der Waals surface area contributed by atoms with Crippen molar-refractivity contribution in [3.8, 4) is 5.75 Å². The number of amides is 1. The standard InChI is InChI=1S/C25H29F2NO4/c1-3-31-18-15-21(17-7-5-4-6-8-17)32-25(16-18)11-13-28(14-12-25)24(29)19-9-10-20(26)22(27)23(19)30-2/h4-10,18,21H,3,11-16H2,1-2H3. The van der Waals surface area contributed by atoms with Crippen molar-refractivity contribution in [2.75, 3.05) is 26.8 Å². The smallest absolute Gasteiger partial charge is 0.257 e. The topological polar surface area (TPSA) is 48.0 Å². The van der Waals surface area contributed by atoms with Crippen LogP contribution < -0.4 is 4.74 Å². The predicted octanol–water partition coefficient (Wildman–Crippen LogP) is 4.91. The van der Waals surface area contributed by atoms with Crippen LogP contribution in [0.15, 0.2) is 42.5 Å². The zero-order chi connectivity index (χ0) is 22.7. The van der Waals surface area contributed by atoms with Gasteiger partial charge >= 0.3 is 0 Å². The van der Waals surface area contributed by atoms with Crippen LogP contribution in [-0.2, 0) is 9.47 Å². The fraction of sp³-hybridized carbons (Fsp3) is 0.480. The van der Waals surface area contributed by atoms with Crippen molar-refractivity contribution in [1.82, 2.24) is 4.90 Å². The minimum absolute atomic E-state index is 0.0290. The van der Waals surface area contributed by atoms with Crippen LogP contribution in [-0.4, -0.2) is 49.3 Å². The summed E-state index contributed by atoms with van der Waals surface area (Å²) in [5.41, 5.74) is 0.774. The Bertz CT molecular complexity index is 944. The molecule has 0 N–H and O–H groups in total. The number of methoxy groups -OCH3 is 1. The van der Waals surface area contributed by atoms with Gasteiger partial charge in [-0.1, -0.05) is 30.3 Å². The summed E-state index contributed by atoms with van der Waals surface area (Å²) in [6.07, 6.45) is 2.91. The normalized spacial score (nSPS) is 22.7. The molecular weight excluding hydrogens is 416 g/mol. The number of piperidine rings is 1. The lowest BCUT2D eigenvalue weighted by Crippen LogP contribution is -2.52. The fourth-order valence-corrected chi connectivity index (χ4v) is 4.88. The first kappa shape index (κ1) is 22.7. The summed E-state index contributed by atoms with van der Waals surface area (Å²) in [5, 5.41) is 0. The number of halogens is 2. The van der Waals surface area contributed by atoms with Gasteiger partial charge < -0.3 is 19.1 Å². The second-order valence-electron chi connectivity index (χ2n) is 8.45. The van der Waals surface area contributed by atoms with E-state index in [2.05, 4.69) is 12.1 Å². The van der Waals surface area contributed by atoms with Gasteiger partial charge in [0.2, 0.25) is 5.82 Å². The van der Waals surface area contributed by atoms with Gasteiger partial charge in [-0.25, -0.2) is 4.39 Å². The molecule has 0 saturated carbocycles. The highest BCUT2D eigenvalue weighted by Crippen LogP contribution is 2.44. The molecule has 172 valence electrons. The van der Waals surface area contributed by atoms with E-state index in [0.717, 1.165) is 24.5 Å². The minimum atomic E-state index is -1.15. The fourth-order valence-electron chi connectivity index (χ4n) is 4.88. The highest BCUT2D eigenvalue weighted by Gasteiger charge is 2.45. The van der Waals surface area contributed by atoms with Crippen LogP contribution in [0.25, 0.3) is 0 Å². The molecule has 1 spiro atoms. The number of hydrogen-bond acceptors (Lipinski definition) is 4. The summed E-state index contributed by atoms with van der Waals surface area (Å²) in [6.45, 7) is 3.56. The number of rotatable bonds is 5. The average Bonchev–Trinajstić information content (AvgIpc) is 2.81. The number of hydrogen-bond donors (Lipinski definition) is 0. The largest absolute Gasteiger partial charge is 0.493 e. The summed E-state index contributed by atoms with van der Waals surface area (Å²) < 4.78 is 45.3. The molecule has 2 fully saturated rings. The average molecular weight is 446 g/mol. The molecule has 1 amide bonds. The van der Waals surface area contributed by atoms with E-state index in [1.165, 1.54) is 13.2 Å². The van der Waals surface area contributed by atoms with Crippen LogP contribution in [0, 0.1) is 11.6 Å². The second kappa shape index (κ2) is 9.55. The Hall–Kier alpha value is -2.51. The van der Waals surface area contributed by atoms with Crippen LogP contribution in [0.5, 0.6) is 5.75 Å². The molecule has 2 aromatic carbocycles. The van der Waals surface area contributed by atoms with Crippen LogP contribution in [0.1, 0.15) is 54.6 Å². The van der Waals surface area contributed by atoms with Crippen molar-refractivity contribution in [3.05, 3.63) is 65.2 Å². The molecule has 2 aromatic rings. The van der Waals surface area contributed by atoms with E-state index in [0.29, 0.717) is 32.5 Å². The summed E-state index contributed by atoms with van der Waals surface area (Å²) in [6, 6.07) is 12.4. The van der Waals surface area contributed by atoms with Crippen molar-refractivity contribution < 1.29 is 27.8 Å². The molecular formula is C25H29F2NO4. The van der Waals surface area contributed by atoms with Crippen LogP contribution in [0.3, 0.4) is 0 Å². The van der Waals surface area contributed by atoms with Crippen molar-refractivity contribution in [1.29, 1.82) is 0 Å². The van der Waals surface area contributed by atoms with E-state index in [-0.39, 0.29) is 35.0 Å². The van der Waals surface area contributed by atoms with Gasteiger partial charge in [-0.2, -0.15) is 4.39 Å². The second-order valence-corrected chi connectivity index (χ2v) is 8.45. The Morgan fingerprint density at radius 2 is 1.88 bits per heavy atom. The molecule has 0 bridgehead atoms.